The molecule has 0 aliphatic carbocycles. The molecule has 1 aromatic heterocycles. The van der Waals surface area contributed by atoms with Crippen LogP contribution in [-0.2, 0) is 7.05 Å². The van der Waals surface area contributed by atoms with Gasteiger partial charge < -0.3 is 4.57 Å². The molecule has 1 heterocycles. The molecule has 21 heavy (non-hydrogen) atoms. The highest BCUT2D eigenvalue weighted by Crippen LogP contribution is 2.33. The number of halogens is 1. The fourth-order valence-electron chi connectivity index (χ4n) is 2.43. The number of benzene rings is 2. The van der Waals surface area contributed by atoms with Crippen LogP contribution in [0.15, 0.2) is 48.5 Å². The minimum absolute atomic E-state index is 0.501. The normalized spacial score (nSPS) is 10.9. The molecule has 0 amide bonds. The van der Waals surface area contributed by atoms with E-state index in [2.05, 4.69) is 67.4 Å². The van der Waals surface area contributed by atoms with E-state index in [0.717, 1.165) is 22.5 Å². The highest BCUT2D eigenvalue weighted by Gasteiger charge is 2.16. The smallest absolute Gasteiger partial charge is 0.203 e. The topological polar surface area (TPSA) is 17.8 Å². The number of imidazole rings is 1. The Labute approximate surface area is 130 Å². The molecule has 0 fully saturated rings. The van der Waals surface area contributed by atoms with E-state index in [-0.39, 0.29) is 0 Å². The summed E-state index contributed by atoms with van der Waals surface area (Å²) in [6.07, 6.45) is 0. The molecule has 106 valence electrons. The first kappa shape index (κ1) is 13.9. The van der Waals surface area contributed by atoms with Crippen molar-refractivity contribution in [3.8, 4) is 22.5 Å². The molecule has 0 spiro atoms. The van der Waals surface area contributed by atoms with Crippen molar-refractivity contribution in [3.63, 3.8) is 0 Å². The molecule has 0 saturated heterocycles. The Hall–Kier alpha value is -2.06. The van der Waals surface area contributed by atoms with E-state index in [1.54, 1.807) is 0 Å². The maximum absolute atomic E-state index is 6.25. The molecule has 0 unspecified atom stereocenters. The molecule has 0 saturated carbocycles. The third-order valence-corrected chi connectivity index (χ3v) is 4.03. The summed E-state index contributed by atoms with van der Waals surface area (Å²) in [6.45, 7) is 4.16. The van der Waals surface area contributed by atoms with E-state index in [1.165, 1.54) is 11.1 Å². The second-order valence-electron chi connectivity index (χ2n) is 5.37. The van der Waals surface area contributed by atoms with Gasteiger partial charge in [0.15, 0.2) is 0 Å². The van der Waals surface area contributed by atoms with Gasteiger partial charge in [0.25, 0.3) is 0 Å². The first-order valence-electron chi connectivity index (χ1n) is 6.92. The Kier molecular flexibility index (Phi) is 3.56. The molecule has 0 atom stereocenters. The Morgan fingerprint density at radius 1 is 0.810 bits per heavy atom. The first-order valence-corrected chi connectivity index (χ1v) is 7.30. The van der Waals surface area contributed by atoms with Crippen LogP contribution in [0.4, 0.5) is 0 Å². The van der Waals surface area contributed by atoms with Crippen LogP contribution in [0, 0.1) is 13.8 Å². The summed E-state index contributed by atoms with van der Waals surface area (Å²) >= 11 is 6.25. The summed E-state index contributed by atoms with van der Waals surface area (Å²) in [6, 6.07) is 16.8. The summed E-state index contributed by atoms with van der Waals surface area (Å²) in [4.78, 5) is 4.54. The van der Waals surface area contributed by atoms with Crippen molar-refractivity contribution in [1.82, 2.24) is 9.55 Å². The summed E-state index contributed by atoms with van der Waals surface area (Å²) < 4.78 is 1.93. The quantitative estimate of drug-likeness (QED) is 0.649. The molecule has 0 radical (unpaired) electrons. The SMILES string of the molecule is Cc1ccc(-c2nc(Cl)n(C)c2-c2ccc(C)cc2)cc1. The Balaban J connectivity index is 2.20. The number of nitrogens with zero attached hydrogens (tertiary/aromatic N) is 2. The average Bonchev–Trinajstić information content (AvgIpc) is 2.77. The zero-order valence-electron chi connectivity index (χ0n) is 12.4. The van der Waals surface area contributed by atoms with Crippen molar-refractivity contribution >= 4 is 11.6 Å². The molecular formula is C18H17ClN2. The van der Waals surface area contributed by atoms with Gasteiger partial charge in [-0.3, -0.25) is 0 Å². The van der Waals surface area contributed by atoms with Gasteiger partial charge in [0.2, 0.25) is 5.28 Å². The monoisotopic (exact) mass is 296 g/mol. The molecule has 3 rings (SSSR count). The lowest BCUT2D eigenvalue weighted by molar-refractivity contribution is 0.922. The van der Waals surface area contributed by atoms with Crippen LogP contribution in [0.3, 0.4) is 0 Å². The predicted molar refractivity (Wildman–Crippen MR) is 88.6 cm³/mol. The van der Waals surface area contributed by atoms with Crippen LogP contribution >= 0.6 is 11.6 Å². The number of aromatic nitrogens is 2. The number of hydrogen-bond donors (Lipinski definition) is 0. The maximum atomic E-state index is 6.25. The molecule has 2 aromatic carbocycles. The van der Waals surface area contributed by atoms with Gasteiger partial charge in [-0.05, 0) is 25.4 Å². The van der Waals surface area contributed by atoms with Crippen LogP contribution in [0.25, 0.3) is 22.5 Å². The molecule has 0 aliphatic heterocycles. The Morgan fingerprint density at radius 3 is 1.81 bits per heavy atom. The summed E-state index contributed by atoms with van der Waals surface area (Å²) in [5.74, 6) is 0. The van der Waals surface area contributed by atoms with E-state index < -0.39 is 0 Å². The van der Waals surface area contributed by atoms with Crippen molar-refractivity contribution in [2.45, 2.75) is 13.8 Å². The summed E-state index contributed by atoms with van der Waals surface area (Å²) in [7, 11) is 1.95. The zero-order valence-corrected chi connectivity index (χ0v) is 13.1. The van der Waals surface area contributed by atoms with Gasteiger partial charge in [-0.25, -0.2) is 4.98 Å². The average molecular weight is 297 g/mol. The van der Waals surface area contributed by atoms with E-state index in [1.807, 2.05) is 11.6 Å². The lowest BCUT2D eigenvalue weighted by Crippen LogP contribution is -1.93. The van der Waals surface area contributed by atoms with Crippen molar-refractivity contribution in [3.05, 3.63) is 64.9 Å². The van der Waals surface area contributed by atoms with Crippen LogP contribution in [0.5, 0.6) is 0 Å². The van der Waals surface area contributed by atoms with Crippen LogP contribution in [0.2, 0.25) is 5.28 Å². The largest absolute Gasteiger partial charge is 0.317 e. The van der Waals surface area contributed by atoms with Gasteiger partial charge in [-0.2, -0.15) is 0 Å². The standard InChI is InChI=1S/C18H17ClN2/c1-12-4-8-14(9-5-12)16-17(21(3)18(19)20-16)15-10-6-13(2)7-11-15/h4-11H,1-3H3. The number of rotatable bonds is 2. The van der Waals surface area contributed by atoms with Crippen molar-refractivity contribution < 1.29 is 0 Å². The molecule has 2 nitrogen and oxygen atoms in total. The third-order valence-electron chi connectivity index (χ3n) is 3.69. The Bertz CT molecular complexity index is 768. The zero-order chi connectivity index (χ0) is 15.0. The molecule has 0 aliphatic rings. The highest BCUT2D eigenvalue weighted by molar-refractivity contribution is 6.29. The van der Waals surface area contributed by atoms with E-state index in [4.69, 9.17) is 11.6 Å². The van der Waals surface area contributed by atoms with E-state index in [9.17, 15) is 0 Å². The molecular weight excluding hydrogens is 280 g/mol. The number of aryl methyl sites for hydroxylation is 2. The summed E-state index contributed by atoms with van der Waals surface area (Å²) in [5.41, 5.74) is 6.65. The second-order valence-corrected chi connectivity index (χ2v) is 5.71. The van der Waals surface area contributed by atoms with Crippen LogP contribution in [-0.4, -0.2) is 9.55 Å². The lowest BCUT2D eigenvalue weighted by Gasteiger charge is -2.07. The third kappa shape index (κ3) is 2.59. The Morgan fingerprint density at radius 2 is 1.29 bits per heavy atom. The first-order chi connectivity index (χ1) is 10.1. The van der Waals surface area contributed by atoms with Crippen molar-refractivity contribution in [2.75, 3.05) is 0 Å². The molecule has 3 aromatic rings. The minimum Gasteiger partial charge on any atom is -0.317 e. The number of hydrogen-bond acceptors (Lipinski definition) is 1. The molecule has 3 heteroatoms. The van der Waals surface area contributed by atoms with Crippen molar-refractivity contribution in [2.24, 2.45) is 7.05 Å². The molecule has 0 bridgehead atoms. The van der Waals surface area contributed by atoms with Gasteiger partial charge in [0, 0.05) is 18.2 Å². The van der Waals surface area contributed by atoms with Gasteiger partial charge in [-0.15, -0.1) is 0 Å². The van der Waals surface area contributed by atoms with E-state index >= 15 is 0 Å². The minimum atomic E-state index is 0.501. The lowest BCUT2D eigenvalue weighted by atomic mass is 10.0. The van der Waals surface area contributed by atoms with Gasteiger partial charge in [0.1, 0.15) is 0 Å². The summed E-state index contributed by atoms with van der Waals surface area (Å²) in [5, 5.41) is 0.501. The highest BCUT2D eigenvalue weighted by atomic mass is 35.5. The fraction of sp³-hybridized carbons (Fsp3) is 0.167. The maximum Gasteiger partial charge on any atom is 0.203 e. The fourth-order valence-corrected chi connectivity index (χ4v) is 2.59. The van der Waals surface area contributed by atoms with Crippen LogP contribution < -0.4 is 0 Å². The predicted octanol–water partition coefficient (Wildman–Crippen LogP) is 5.02. The van der Waals surface area contributed by atoms with Crippen LogP contribution in [0.1, 0.15) is 11.1 Å². The van der Waals surface area contributed by atoms with Crippen molar-refractivity contribution in [1.29, 1.82) is 0 Å². The van der Waals surface area contributed by atoms with E-state index in [0.29, 0.717) is 5.28 Å². The van der Waals surface area contributed by atoms with Gasteiger partial charge >= 0.3 is 0 Å². The van der Waals surface area contributed by atoms with Gasteiger partial charge in [-0.1, -0.05) is 59.7 Å². The second kappa shape index (κ2) is 5.38. The molecule has 0 N–H and O–H groups in total. The van der Waals surface area contributed by atoms with Gasteiger partial charge in [0.05, 0.1) is 11.4 Å².